The van der Waals surface area contributed by atoms with Crippen molar-refractivity contribution < 1.29 is 4.39 Å². The molecule has 0 saturated heterocycles. The Hall–Kier alpha value is -2.42. The molecule has 3 rings (SSSR count). The topological polar surface area (TPSA) is 38.9 Å². The van der Waals surface area contributed by atoms with Crippen LogP contribution in [0.5, 0.6) is 0 Å². The molecule has 0 fully saturated rings. The highest BCUT2D eigenvalue weighted by Crippen LogP contribution is 2.28. The van der Waals surface area contributed by atoms with Crippen LogP contribution in [0.15, 0.2) is 54.6 Å². The lowest BCUT2D eigenvalue weighted by molar-refractivity contribution is 0.629. The second-order valence-corrected chi connectivity index (χ2v) is 4.12. The summed E-state index contributed by atoms with van der Waals surface area (Å²) in [6.45, 7) is 0. The molecule has 2 nitrogen and oxygen atoms in total. The Balaban J connectivity index is 2.25. The van der Waals surface area contributed by atoms with Gasteiger partial charge >= 0.3 is 0 Å². The smallest absolute Gasteiger partial charge is 0.131 e. The van der Waals surface area contributed by atoms with E-state index in [9.17, 15) is 4.39 Å². The monoisotopic (exact) mass is 238 g/mol. The first-order chi connectivity index (χ1) is 8.74. The van der Waals surface area contributed by atoms with E-state index in [1.807, 2.05) is 36.4 Å². The van der Waals surface area contributed by atoms with E-state index in [-0.39, 0.29) is 5.82 Å². The van der Waals surface area contributed by atoms with Gasteiger partial charge in [-0.05, 0) is 23.8 Å². The summed E-state index contributed by atoms with van der Waals surface area (Å²) in [6, 6.07) is 16.3. The number of benzene rings is 2. The maximum Gasteiger partial charge on any atom is 0.131 e. The molecule has 1 heterocycles. The minimum absolute atomic E-state index is 0.304. The Kier molecular flexibility index (Phi) is 2.45. The van der Waals surface area contributed by atoms with Crippen molar-refractivity contribution in [3.63, 3.8) is 0 Å². The molecule has 0 spiro atoms. The van der Waals surface area contributed by atoms with E-state index in [2.05, 4.69) is 4.98 Å². The van der Waals surface area contributed by atoms with E-state index in [1.165, 1.54) is 12.1 Å². The number of nitrogen functional groups attached to an aromatic ring is 1. The van der Waals surface area contributed by atoms with Crippen LogP contribution in [0.3, 0.4) is 0 Å². The zero-order valence-electron chi connectivity index (χ0n) is 9.60. The highest BCUT2D eigenvalue weighted by Gasteiger charge is 2.06. The Morgan fingerprint density at radius 3 is 2.50 bits per heavy atom. The Morgan fingerprint density at radius 1 is 0.944 bits per heavy atom. The van der Waals surface area contributed by atoms with E-state index >= 15 is 0 Å². The minimum atomic E-state index is -0.304. The summed E-state index contributed by atoms with van der Waals surface area (Å²) >= 11 is 0. The molecule has 88 valence electrons. The second kappa shape index (κ2) is 4.11. The van der Waals surface area contributed by atoms with E-state index in [4.69, 9.17) is 5.73 Å². The van der Waals surface area contributed by atoms with Crippen molar-refractivity contribution in [1.82, 2.24) is 4.98 Å². The zero-order chi connectivity index (χ0) is 12.5. The largest absolute Gasteiger partial charge is 0.383 e. The van der Waals surface area contributed by atoms with Gasteiger partial charge in [-0.25, -0.2) is 9.37 Å². The lowest BCUT2D eigenvalue weighted by Crippen LogP contribution is -1.95. The Morgan fingerprint density at radius 2 is 1.72 bits per heavy atom. The van der Waals surface area contributed by atoms with Crippen molar-refractivity contribution in [1.29, 1.82) is 0 Å². The number of anilines is 1. The predicted molar refractivity (Wildman–Crippen MR) is 71.5 cm³/mol. The molecule has 0 saturated carbocycles. The number of nitrogens with two attached hydrogens (primary N) is 1. The van der Waals surface area contributed by atoms with Crippen molar-refractivity contribution in [2.24, 2.45) is 0 Å². The SMILES string of the molecule is Nc1nc2cc(F)ccc2cc1-c1ccccc1. The third kappa shape index (κ3) is 1.80. The molecule has 0 unspecified atom stereocenters. The van der Waals surface area contributed by atoms with Gasteiger partial charge in [-0.3, -0.25) is 0 Å². The maximum atomic E-state index is 13.1. The van der Waals surface area contributed by atoms with Gasteiger partial charge in [-0.1, -0.05) is 30.3 Å². The number of nitrogens with zero attached hydrogens (tertiary/aromatic N) is 1. The first-order valence-electron chi connectivity index (χ1n) is 5.65. The molecular weight excluding hydrogens is 227 g/mol. The van der Waals surface area contributed by atoms with E-state index < -0.39 is 0 Å². The summed E-state index contributed by atoms with van der Waals surface area (Å²) in [4.78, 5) is 4.25. The summed E-state index contributed by atoms with van der Waals surface area (Å²) in [6.07, 6.45) is 0. The average Bonchev–Trinajstić information content (AvgIpc) is 2.39. The molecule has 0 radical (unpaired) electrons. The van der Waals surface area contributed by atoms with Crippen LogP contribution in [0, 0.1) is 5.82 Å². The quantitative estimate of drug-likeness (QED) is 0.703. The number of hydrogen-bond acceptors (Lipinski definition) is 2. The van der Waals surface area contributed by atoms with Gasteiger partial charge in [-0.15, -0.1) is 0 Å². The Bertz CT molecular complexity index is 708. The number of pyridine rings is 1. The van der Waals surface area contributed by atoms with Crippen LogP contribution < -0.4 is 5.73 Å². The predicted octanol–water partition coefficient (Wildman–Crippen LogP) is 3.62. The van der Waals surface area contributed by atoms with Crippen molar-refractivity contribution in [3.05, 3.63) is 60.4 Å². The van der Waals surface area contributed by atoms with E-state index in [0.29, 0.717) is 11.3 Å². The van der Waals surface area contributed by atoms with Gasteiger partial charge in [-0.2, -0.15) is 0 Å². The average molecular weight is 238 g/mol. The lowest BCUT2D eigenvalue weighted by Gasteiger charge is -2.07. The molecule has 2 aromatic carbocycles. The number of aromatic nitrogens is 1. The summed E-state index contributed by atoms with van der Waals surface area (Å²) in [7, 11) is 0. The molecule has 0 amide bonds. The number of fused-ring (bicyclic) bond motifs is 1. The third-order valence-corrected chi connectivity index (χ3v) is 2.89. The molecular formula is C15H11FN2. The third-order valence-electron chi connectivity index (χ3n) is 2.89. The second-order valence-electron chi connectivity index (χ2n) is 4.12. The first-order valence-corrected chi connectivity index (χ1v) is 5.65. The molecule has 0 aliphatic rings. The highest BCUT2D eigenvalue weighted by molar-refractivity contribution is 5.88. The van der Waals surface area contributed by atoms with Crippen LogP contribution in [0.2, 0.25) is 0 Å². The van der Waals surface area contributed by atoms with Gasteiger partial charge in [0, 0.05) is 17.0 Å². The zero-order valence-corrected chi connectivity index (χ0v) is 9.60. The highest BCUT2D eigenvalue weighted by atomic mass is 19.1. The van der Waals surface area contributed by atoms with Crippen LogP contribution in [0.25, 0.3) is 22.0 Å². The van der Waals surface area contributed by atoms with Crippen LogP contribution >= 0.6 is 0 Å². The minimum Gasteiger partial charge on any atom is -0.383 e. The summed E-state index contributed by atoms with van der Waals surface area (Å²) in [5.41, 5.74) is 8.39. The maximum absolute atomic E-state index is 13.1. The van der Waals surface area contributed by atoms with Gasteiger partial charge in [0.2, 0.25) is 0 Å². The van der Waals surface area contributed by atoms with Crippen LogP contribution in [0.4, 0.5) is 10.2 Å². The molecule has 2 N–H and O–H groups in total. The molecule has 1 aromatic heterocycles. The number of hydrogen-bond donors (Lipinski definition) is 1. The normalized spacial score (nSPS) is 10.7. The Labute approximate surface area is 104 Å². The number of halogens is 1. The molecule has 0 aliphatic heterocycles. The molecule has 3 heteroatoms. The fourth-order valence-corrected chi connectivity index (χ4v) is 2.00. The van der Waals surface area contributed by atoms with E-state index in [1.54, 1.807) is 6.07 Å². The standard InChI is InChI=1S/C15H11FN2/c16-12-7-6-11-8-13(10-4-2-1-3-5-10)15(17)18-14(11)9-12/h1-9H,(H2,17,18). The fourth-order valence-electron chi connectivity index (χ4n) is 2.00. The van der Waals surface area contributed by atoms with Gasteiger partial charge in [0.05, 0.1) is 5.52 Å². The van der Waals surface area contributed by atoms with Crippen molar-refractivity contribution >= 4 is 16.7 Å². The van der Waals surface area contributed by atoms with Crippen molar-refractivity contribution in [3.8, 4) is 11.1 Å². The summed E-state index contributed by atoms with van der Waals surface area (Å²) in [5.74, 6) is 0.112. The lowest BCUT2D eigenvalue weighted by atomic mass is 10.0. The van der Waals surface area contributed by atoms with Gasteiger partial charge < -0.3 is 5.73 Å². The molecule has 18 heavy (non-hydrogen) atoms. The van der Waals surface area contributed by atoms with E-state index in [0.717, 1.165) is 16.5 Å². The van der Waals surface area contributed by atoms with Gasteiger partial charge in [0.25, 0.3) is 0 Å². The first kappa shape index (κ1) is 10.7. The summed E-state index contributed by atoms with van der Waals surface area (Å²) < 4.78 is 13.1. The summed E-state index contributed by atoms with van der Waals surface area (Å²) in [5, 5.41) is 0.879. The van der Waals surface area contributed by atoms with Crippen molar-refractivity contribution in [2.45, 2.75) is 0 Å². The van der Waals surface area contributed by atoms with Gasteiger partial charge in [0.15, 0.2) is 0 Å². The number of rotatable bonds is 1. The molecule has 0 atom stereocenters. The van der Waals surface area contributed by atoms with Crippen molar-refractivity contribution in [2.75, 3.05) is 5.73 Å². The molecule has 0 bridgehead atoms. The van der Waals surface area contributed by atoms with Gasteiger partial charge in [0.1, 0.15) is 11.6 Å². The van der Waals surface area contributed by atoms with Crippen LogP contribution in [-0.2, 0) is 0 Å². The fraction of sp³-hybridized carbons (Fsp3) is 0. The van der Waals surface area contributed by atoms with Crippen LogP contribution in [-0.4, -0.2) is 4.98 Å². The van der Waals surface area contributed by atoms with Crippen LogP contribution in [0.1, 0.15) is 0 Å². The molecule has 0 aliphatic carbocycles. The molecule has 3 aromatic rings.